The van der Waals surface area contributed by atoms with Crippen LogP contribution in [-0.2, 0) is 19.6 Å². The maximum absolute atomic E-state index is 12.6. The van der Waals surface area contributed by atoms with Gasteiger partial charge in [-0.2, -0.15) is 0 Å². The molecule has 10 heteroatoms. The molecule has 220 valence electrons. The topological polar surface area (TPSA) is 108 Å². The van der Waals surface area contributed by atoms with Crippen molar-refractivity contribution in [3.8, 4) is 23.0 Å². The third kappa shape index (κ3) is 11.7. The highest BCUT2D eigenvalue weighted by Crippen LogP contribution is 2.26. The number of hydrogen-bond donors (Lipinski definition) is 0. The molecule has 0 aliphatic rings. The quantitative estimate of drug-likeness (QED) is 0.0972. The lowest BCUT2D eigenvalue weighted by atomic mass is 10.1. The van der Waals surface area contributed by atoms with Crippen LogP contribution in [0.15, 0.2) is 36.4 Å². The summed E-state index contributed by atoms with van der Waals surface area (Å²) in [6.45, 7) is 3.87. The average molecular weight is 561 g/mol. The predicted octanol–water partition coefficient (Wildman–Crippen LogP) is 6.82. The van der Waals surface area contributed by atoms with Crippen molar-refractivity contribution >= 4 is 11.9 Å². The smallest absolute Gasteiger partial charge is 0.373 e. The van der Waals surface area contributed by atoms with Gasteiger partial charge >= 0.3 is 18.2 Å². The number of carbonyl (C=O) groups excluding carboxylic acids is 2. The summed E-state index contributed by atoms with van der Waals surface area (Å²) in [6.07, 6.45) is 9.50. The molecule has 0 unspecified atom stereocenters. The van der Waals surface area contributed by atoms with Crippen LogP contribution in [0.2, 0.25) is 0 Å². The van der Waals surface area contributed by atoms with Crippen molar-refractivity contribution < 1.29 is 48.1 Å². The monoisotopic (exact) mass is 560 g/mol. The average Bonchev–Trinajstić information content (AvgIpc) is 2.99. The number of rotatable bonds is 20. The Kier molecular flexibility index (Phi) is 15.3. The van der Waals surface area contributed by atoms with Crippen molar-refractivity contribution in [3.63, 3.8) is 0 Å². The number of ether oxygens (including phenoxy) is 4. The number of carbonyl (C=O) groups is 2. The van der Waals surface area contributed by atoms with E-state index in [2.05, 4.69) is 6.92 Å². The fourth-order valence-corrected chi connectivity index (χ4v) is 3.72. The first-order chi connectivity index (χ1) is 19.4. The van der Waals surface area contributed by atoms with Crippen LogP contribution in [0.25, 0.3) is 0 Å². The summed E-state index contributed by atoms with van der Waals surface area (Å²) in [7, 11) is 5.87. The van der Waals surface area contributed by atoms with Gasteiger partial charge in [-0.05, 0) is 30.7 Å². The minimum absolute atomic E-state index is 0.134. The van der Waals surface area contributed by atoms with Gasteiger partial charge in [0.05, 0.1) is 39.6 Å². The SMILES string of the molecule is [CH2]CCCCCCCCCC[C](OOC(=O)c1cc(OC)cc(OC)c1)OOC(=O)c1cc(OC)cc(OC)c1. The molecule has 0 amide bonds. The van der Waals surface area contributed by atoms with Crippen LogP contribution in [0.4, 0.5) is 0 Å². The van der Waals surface area contributed by atoms with Gasteiger partial charge in [-0.15, -0.1) is 9.78 Å². The first kappa shape index (κ1) is 32.7. The second-order valence-corrected chi connectivity index (χ2v) is 8.91. The van der Waals surface area contributed by atoms with Crippen LogP contribution >= 0.6 is 0 Å². The fourth-order valence-electron chi connectivity index (χ4n) is 3.72. The first-order valence-electron chi connectivity index (χ1n) is 13.3. The highest BCUT2D eigenvalue weighted by molar-refractivity contribution is 5.90. The van der Waals surface area contributed by atoms with E-state index < -0.39 is 11.9 Å². The molecule has 40 heavy (non-hydrogen) atoms. The highest BCUT2D eigenvalue weighted by atomic mass is 17.3. The van der Waals surface area contributed by atoms with Gasteiger partial charge in [-0.3, -0.25) is 9.78 Å². The molecule has 0 saturated heterocycles. The van der Waals surface area contributed by atoms with E-state index in [0.29, 0.717) is 29.4 Å². The Balaban J connectivity index is 1.97. The molecule has 0 aromatic heterocycles. The maximum atomic E-state index is 12.6. The van der Waals surface area contributed by atoms with Gasteiger partial charge < -0.3 is 18.9 Å². The van der Waals surface area contributed by atoms with Crippen LogP contribution in [-0.4, -0.2) is 40.4 Å². The van der Waals surface area contributed by atoms with E-state index in [9.17, 15) is 9.59 Å². The highest BCUT2D eigenvalue weighted by Gasteiger charge is 2.23. The Morgan fingerprint density at radius 3 is 1.23 bits per heavy atom. The number of hydrogen-bond acceptors (Lipinski definition) is 10. The molecule has 0 bridgehead atoms. The van der Waals surface area contributed by atoms with Gasteiger partial charge in [0.2, 0.25) is 0 Å². The van der Waals surface area contributed by atoms with Crippen LogP contribution in [0.5, 0.6) is 23.0 Å². The lowest BCUT2D eigenvalue weighted by Gasteiger charge is -2.14. The Bertz CT molecular complexity index is 923. The zero-order chi connectivity index (χ0) is 29.2. The van der Waals surface area contributed by atoms with E-state index in [0.717, 1.165) is 32.1 Å². The summed E-state index contributed by atoms with van der Waals surface area (Å²) in [5.74, 6) is -0.0167. The van der Waals surface area contributed by atoms with E-state index in [1.165, 1.54) is 72.0 Å². The molecular weight excluding hydrogens is 520 g/mol. The third-order valence-electron chi connectivity index (χ3n) is 5.98. The minimum atomic E-state index is -0.815. The van der Waals surface area contributed by atoms with Gasteiger partial charge in [-0.1, -0.05) is 58.3 Å². The first-order valence-corrected chi connectivity index (χ1v) is 13.3. The summed E-state index contributed by atoms with van der Waals surface area (Å²) >= 11 is 0. The molecular formula is C30H40O10. The standard InChI is InChI=1S/C30H40O10/c1-6-7-8-9-10-11-12-13-14-15-28(37-39-29(31)22-16-24(33-2)20-25(17-22)34-3)38-40-30(32)23-18-26(35-4)21-27(19-23)36-5/h16-21H,1,6-15H2,2-5H3. The van der Waals surface area contributed by atoms with E-state index >= 15 is 0 Å². The molecule has 0 aliphatic heterocycles. The van der Waals surface area contributed by atoms with E-state index in [1.54, 1.807) is 12.1 Å². The summed E-state index contributed by atoms with van der Waals surface area (Å²) in [6, 6.07) is 9.13. The van der Waals surface area contributed by atoms with Gasteiger partial charge in [0, 0.05) is 18.6 Å². The van der Waals surface area contributed by atoms with E-state index in [1.807, 2.05) is 0 Å². The molecule has 10 nitrogen and oxygen atoms in total. The molecule has 2 aromatic carbocycles. The van der Waals surface area contributed by atoms with Gasteiger partial charge in [-0.25, -0.2) is 9.59 Å². The van der Waals surface area contributed by atoms with E-state index in [-0.39, 0.29) is 23.8 Å². The second kappa shape index (κ2) is 18.7. The molecule has 2 rings (SSSR count). The normalized spacial score (nSPS) is 10.8. The number of unbranched alkanes of at least 4 members (excludes halogenated alkanes) is 8. The minimum Gasteiger partial charge on any atom is -0.497 e. The van der Waals surface area contributed by atoms with Crippen molar-refractivity contribution in [2.45, 2.75) is 64.2 Å². The molecule has 0 atom stereocenters. The summed E-state index contributed by atoms with van der Waals surface area (Å²) in [4.78, 5) is 45.6. The van der Waals surface area contributed by atoms with Crippen LogP contribution in [0.3, 0.4) is 0 Å². The number of methoxy groups -OCH3 is 4. The largest absolute Gasteiger partial charge is 0.497 e. The Labute approximate surface area is 236 Å². The van der Waals surface area contributed by atoms with Crippen LogP contribution < -0.4 is 18.9 Å². The van der Waals surface area contributed by atoms with E-state index in [4.69, 9.17) is 38.5 Å². The van der Waals surface area contributed by atoms with Gasteiger partial charge in [0.25, 0.3) is 0 Å². The Hall–Kier alpha value is -3.50. The molecule has 0 spiro atoms. The Morgan fingerprint density at radius 1 is 0.525 bits per heavy atom. The molecule has 2 radical (unpaired) electrons. The Morgan fingerprint density at radius 2 is 0.875 bits per heavy atom. The maximum Gasteiger partial charge on any atom is 0.373 e. The molecule has 0 saturated carbocycles. The zero-order valence-corrected chi connectivity index (χ0v) is 23.8. The molecule has 2 aromatic rings. The van der Waals surface area contributed by atoms with Crippen molar-refractivity contribution in [3.05, 3.63) is 60.7 Å². The van der Waals surface area contributed by atoms with Gasteiger partial charge in [0.1, 0.15) is 23.0 Å². The summed E-state index contributed by atoms with van der Waals surface area (Å²) in [5.41, 5.74) is 0.268. The van der Waals surface area contributed by atoms with Crippen LogP contribution in [0.1, 0.15) is 84.9 Å². The van der Waals surface area contributed by atoms with Crippen molar-refractivity contribution in [2.75, 3.05) is 28.4 Å². The van der Waals surface area contributed by atoms with Crippen molar-refractivity contribution in [2.24, 2.45) is 0 Å². The molecule has 0 fully saturated rings. The zero-order valence-electron chi connectivity index (χ0n) is 23.8. The molecule has 0 N–H and O–H groups in total. The molecule has 0 aliphatic carbocycles. The lowest BCUT2D eigenvalue weighted by molar-refractivity contribution is -0.364. The number of benzene rings is 2. The second-order valence-electron chi connectivity index (χ2n) is 8.91. The summed E-state index contributed by atoms with van der Waals surface area (Å²) in [5, 5.41) is 0. The third-order valence-corrected chi connectivity index (χ3v) is 5.98. The van der Waals surface area contributed by atoms with Crippen LogP contribution in [0, 0.1) is 13.2 Å². The predicted molar refractivity (Wildman–Crippen MR) is 147 cm³/mol. The summed E-state index contributed by atoms with van der Waals surface area (Å²) < 4.78 is 20.8. The molecule has 0 heterocycles. The van der Waals surface area contributed by atoms with Gasteiger partial charge in [0.15, 0.2) is 0 Å². The lowest BCUT2D eigenvalue weighted by Crippen LogP contribution is -2.16. The van der Waals surface area contributed by atoms with Crippen molar-refractivity contribution in [1.29, 1.82) is 0 Å². The van der Waals surface area contributed by atoms with Crippen molar-refractivity contribution in [1.82, 2.24) is 0 Å². The fraction of sp³-hybridized carbons (Fsp3) is 0.467.